The van der Waals surface area contributed by atoms with Crippen LogP contribution in [0.25, 0.3) is 11.0 Å². The topological polar surface area (TPSA) is 67.2 Å². The van der Waals surface area contributed by atoms with Crippen LogP contribution in [0.15, 0.2) is 47.9 Å². The molecule has 1 atom stereocenters. The number of fused-ring (bicyclic) bond motifs is 1. The summed E-state index contributed by atoms with van der Waals surface area (Å²) in [5, 5.41) is -0.339. The van der Waals surface area contributed by atoms with E-state index in [-0.39, 0.29) is 17.0 Å². The van der Waals surface area contributed by atoms with Gasteiger partial charge < -0.3 is 9.80 Å². The third-order valence-corrected chi connectivity index (χ3v) is 6.76. The minimum Gasteiger partial charge on any atom is -0.338 e. The Morgan fingerprint density at radius 1 is 1.03 bits per heavy atom. The summed E-state index contributed by atoms with van der Waals surface area (Å²) in [5.41, 5.74) is 0.864. The van der Waals surface area contributed by atoms with E-state index in [0.29, 0.717) is 43.2 Å². The van der Waals surface area contributed by atoms with Gasteiger partial charge >= 0.3 is 6.55 Å². The Kier molecular flexibility index (Phi) is 6.35. The minimum absolute atomic E-state index is 0.0427. The maximum Gasteiger partial charge on any atom is 0.321 e. The van der Waals surface area contributed by atoms with Crippen molar-refractivity contribution in [1.29, 1.82) is 0 Å². The van der Waals surface area contributed by atoms with Crippen LogP contribution in [0.5, 0.6) is 0 Å². The molecule has 0 N–H and O–H groups in total. The molecule has 0 saturated carbocycles. The van der Waals surface area contributed by atoms with Gasteiger partial charge in [0.2, 0.25) is 11.9 Å². The van der Waals surface area contributed by atoms with E-state index < -0.39 is 11.8 Å². The Morgan fingerprint density at radius 3 is 2.35 bits per heavy atom. The number of piperazine rings is 1. The Balaban J connectivity index is 1.50. The number of hydrogen-bond donors (Lipinski definition) is 0. The third-order valence-electron chi connectivity index (χ3n) is 5.27. The van der Waals surface area contributed by atoms with Crippen LogP contribution in [0.3, 0.4) is 0 Å². The number of carbonyl (C=O) groups is 1. The molecule has 4 rings (SSSR count). The molecular weight excluding hydrogens is 422 g/mol. The van der Waals surface area contributed by atoms with Crippen LogP contribution >= 0.6 is 11.8 Å². The molecule has 3 heterocycles. The van der Waals surface area contributed by atoms with Gasteiger partial charge in [0.15, 0.2) is 5.16 Å². The summed E-state index contributed by atoms with van der Waals surface area (Å²) < 4.78 is 28.5. The number of halogens is 2. The number of aromatic nitrogens is 4. The number of anilines is 1. The van der Waals surface area contributed by atoms with Gasteiger partial charge in [0, 0.05) is 38.6 Å². The highest BCUT2D eigenvalue weighted by atomic mass is 32.2. The molecule has 3 aromatic rings. The van der Waals surface area contributed by atoms with Gasteiger partial charge in [-0.15, -0.1) is 0 Å². The molecule has 1 amide bonds. The second-order valence-electron chi connectivity index (χ2n) is 7.67. The smallest absolute Gasteiger partial charge is 0.321 e. The highest BCUT2D eigenvalue weighted by molar-refractivity contribution is 8.00. The highest BCUT2D eigenvalue weighted by Gasteiger charge is 2.33. The van der Waals surface area contributed by atoms with Gasteiger partial charge in [-0.3, -0.25) is 9.36 Å². The number of para-hydroxylation sites is 2. The normalized spacial score (nSPS) is 15.8. The van der Waals surface area contributed by atoms with Crippen molar-refractivity contribution in [2.24, 2.45) is 5.92 Å². The standard InChI is InChI=1S/C21H24F2N6OS/c1-14(2)17(31-21-26-15-6-3-4-7-16(15)29(21)19(22)23)18(30)27-10-12-28(13-11-27)20-24-8-5-9-25-20/h3-9,14,17,19H,10-13H2,1-2H3. The van der Waals surface area contributed by atoms with Crippen LogP contribution in [0.1, 0.15) is 20.4 Å². The van der Waals surface area contributed by atoms with Gasteiger partial charge in [-0.2, -0.15) is 8.78 Å². The van der Waals surface area contributed by atoms with Gasteiger partial charge in [0.1, 0.15) is 0 Å². The van der Waals surface area contributed by atoms with Crippen molar-refractivity contribution >= 4 is 34.7 Å². The number of thioether (sulfide) groups is 1. The zero-order valence-electron chi connectivity index (χ0n) is 17.4. The predicted octanol–water partition coefficient (Wildman–Crippen LogP) is 3.69. The summed E-state index contributed by atoms with van der Waals surface area (Å²) in [4.78, 5) is 30.1. The molecule has 31 heavy (non-hydrogen) atoms. The van der Waals surface area contributed by atoms with Crippen LogP contribution in [-0.4, -0.2) is 61.8 Å². The maximum atomic E-state index is 13.8. The Hall–Kier alpha value is -2.75. The van der Waals surface area contributed by atoms with E-state index in [1.165, 1.54) is 0 Å². The van der Waals surface area contributed by atoms with E-state index in [0.717, 1.165) is 16.3 Å². The first-order valence-corrected chi connectivity index (χ1v) is 11.1. The van der Waals surface area contributed by atoms with Gasteiger partial charge in [0.05, 0.1) is 16.3 Å². The zero-order chi connectivity index (χ0) is 22.0. The van der Waals surface area contributed by atoms with E-state index in [4.69, 9.17) is 0 Å². The fourth-order valence-corrected chi connectivity index (χ4v) is 4.83. The third kappa shape index (κ3) is 4.48. The van der Waals surface area contributed by atoms with E-state index in [1.807, 2.05) is 18.7 Å². The lowest BCUT2D eigenvalue weighted by atomic mass is 10.1. The van der Waals surface area contributed by atoms with Crippen molar-refractivity contribution in [1.82, 2.24) is 24.4 Å². The largest absolute Gasteiger partial charge is 0.338 e. The molecule has 10 heteroatoms. The number of nitrogens with zero attached hydrogens (tertiary/aromatic N) is 6. The summed E-state index contributed by atoms with van der Waals surface area (Å²) in [5.74, 6) is 0.551. The number of alkyl halides is 2. The van der Waals surface area contributed by atoms with Crippen LogP contribution in [-0.2, 0) is 4.79 Å². The number of imidazole rings is 1. The first-order valence-electron chi connectivity index (χ1n) is 10.2. The number of rotatable bonds is 6. The first kappa shape index (κ1) is 21.5. The molecule has 1 aliphatic rings. The van der Waals surface area contributed by atoms with Crippen molar-refractivity contribution in [2.75, 3.05) is 31.1 Å². The van der Waals surface area contributed by atoms with Crippen LogP contribution in [0.4, 0.5) is 14.7 Å². The fraction of sp³-hybridized carbons (Fsp3) is 0.429. The Morgan fingerprint density at radius 2 is 1.71 bits per heavy atom. The molecule has 1 aliphatic heterocycles. The molecular formula is C21H24F2N6OS. The molecule has 1 aromatic carbocycles. The summed E-state index contributed by atoms with van der Waals surface area (Å²) in [6.07, 6.45) is 3.39. The maximum absolute atomic E-state index is 13.8. The van der Waals surface area contributed by atoms with Crippen molar-refractivity contribution in [3.63, 3.8) is 0 Å². The molecule has 2 aromatic heterocycles. The van der Waals surface area contributed by atoms with Crippen molar-refractivity contribution in [2.45, 2.75) is 30.8 Å². The van der Waals surface area contributed by atoms with Crippen LogP contribution < -0.4 is 4.90 Å². The second-order valence-corrected chi connectivity index (χ2v) is 8.78. The SMILES string of the molecule is CC(C)C(Sc1nc2ccccc2n1C(F)F)C(=O)N1CCN(c2ncccn2)CC1. The number of carbonyl (C=O) groups excluding carboxylic acids is 1. The molecule has 0 radical (unpaired) electrons. The molecule has 0 aliphatic carbocycles. The van der Waals surface area contributed by atoms with Crippen molar-refractivity contribution < 1.29 is 13.6 Å². The lowest BCUT2D eigenvalue weighted by molar-refractivity contribution is -0.131. The number of hydrogen-bond acceptors (Lipinski definition) is 6. The summed E-state index contributed by atoms with van der Waals surface area (Å²) in [7, 11) is 0. The molecule has 164 valence electrons. The van der Waals surface area contributed by atoms with E-state index in [1.54, 1.807) is 47.6 Å². The first-order chi connectivity index (χ1) is 15.0. The van der Waals surface area contributed by atoms with Gasteiger partial charge in [-0.1, -0.05) is 37.7 Å². The molecule has 1 fully saturated rings. The summed E-state index contributed by atoms with van der Waals surface area (Å²) in [6.45, 7) is 3.45. The lowest BCUT2D eigenvalue weighted by Crippen LogP contribution is -2.52. The average molecular weight is 447 g/mol. The molecule has 1 saturated heterocycles. The second kappa shape index (κ2) is 9.17. The molecule has 0 bridgehead atoms. The lowest BCUT2D eigenvalue weighted by Gasteiger charge is -2.36. The Bertz CT molecular complexity index is 1040. The quantitative estimate of drug-likeness (QED) is 0.538. The Labute approximate surface area is 183 Å². The van der Waals surface area contributed by atoms with Gasteiger partial charge in [-0.25, -0.2) is 15.0 Å². The van der Waals surface area contributed by atoms with Crippen LogP contribution in [0, 0.1) is 5.92 Å². The van der Waals surface area contributed by atoms with Gasteiger partial charge in [-0.05, 0) is 24.1 Å². The minimum atomic E-state index is -2.73. The fourth-order valence-electron chi connectivity index (χ4n) is 3.64. The summed E-state index contributed by atoms with van der Waals surface area (Å²) in [6, 6.07) is 8.56. The predicted molar refractivity (Wildman–Crippen MR) is 116 cm³/mol. The molecule has 1 unspecified atom stereocenters. The van der Waals surface area contributed by atoms with Crippen molar-refractivity contribution in [3.05, 3.63) is 42.7 Å². The zero-order valence-corrected chi connectivity index (χ0v) is 18.2. The molecule has 7 nitrogen and oxygen atoms in total. The van der Waals surface area contributed by atoms with Gasteiger partial charge in [0.25, 0.3) is 0 Å². The molecule has 0 spiro atoms. The van der Waals surface area contributed by atoms with E-state index in [2.05, 4.69) is 15.0 Å². The van der Waals surface area contributed by atoms with E-state index in [9.17, 15) is 13.6 Å². The average Bonchev–Trinajstić information content (AvgIpc) is 3.16. The van der Waals surface area contributed by atoms with Crippen LogP contribution in [0.2, 0.25) is 0 Å². The number of benzene rings is 1. The van der Waals surface area contributed by atoms with Crippen molar-refractivity contribution in [3.8, 4) is 0 Å². The highest BCUT2D eigenvalue weighted by Crippen LogP contribution is 2.34. The number of amides is 1. The monoisotopic (exact) mass is 446 g/mol. The summed E-state index contributed by atoms with van der Waals surface area (Å²) >= 11 is 1.12. The van der Waals surface area contributed by atoms with E-state index >= 15 is 0 Å².